The van der Waals surface area contributed by atoms with Gasteiger partial charge in [0.05, 0.1) is 5.56 Å². The summed E-state index contributed by atoms with van der Waals surface area (Å²) in [5.41, 5.74) is 7.51. The van der Waals surface area contributed by atoms with Crippen LogP contribution >= 0.6 is 12.2 Å². The summed E-state index contributed by atoms with van der Waals surface area (Å²) in [4.78, 5) is 4.37. The number of nitrogens with zero attached hydrogens (tertiary/aromatic N) is 1. The number of anilines is 1. The summed E-state index contributed by atoms with van der Waals surface area (Å²) in [7, 11) is 0. The zero-order chi connectivity index (χ0) is 14.7. The van der Waals surface area contributed by atoms with Gasteiger partial charge in [0.2, 0.25) is 0 Å². The zero-order valence-electron chi connectivity index (χ0n) is 10.8. The molecule has 2 rings (SSSR count). The number of thiocarbonyl (C=S) groups is 1. The molecule has 2 aromatic rings. The molecule has 0 radical (unpaired) electrons. The van der Waals surface area contributed by atoms with Crippen LogP contribution < -0.4 is 11.1 Å². The molecule has 0 saturated heterocycles. The molecule has 3 N–H and O–H groups in total. The first kappa shape index (κ1) is 14.3. The fourth-order valence-electron chi connectivity index (χ4n) is 1.85. The molecule has 1 aromatic heterocycles. The molecular weight excluding hydrogens is 280 g/mol. The lowest BCUT2D eigenvalue weighted by Gasteiger charge is -2.12. The fourth-order valence-corrected chi connectivity index (χ4v) is 2.10. The van der Waals surface area contributed by atoms with Crippen LogP contribution in [0, 0.1) is 18.6 Å². The van der Waals surface area contributed by atoms with Crippen molar-refractivity contribution in [3.8, 4) is 0 Å². The van der Waals surface area contributed by atoms with E-state index in [2.05, 4.69) is 10.3 Å². The molecule has 1 aromatic carbocycles. The SMILES string of the molecule is Cc1ccnc(NCc2ccc(F)cc2F)c1C(N)=S. The molecular formula is C14H13F2N3S. The molecule has 0 aliphatic carbocycles. The van der Waals surface area contributed by atoms with Crippen molar-refractivity contribution in [2.75, 3.05) is 5.32 Å². The minimum Gasteiger partial charge on any atom is -0.389 e. The number of nitrogens with one attached hydrogen (secondary N) is 1. The maximum Gasteiger partial charge on any atom is 0.136 e. The van der Waals surface area contributed by atoms with E-state index in [1.54, 1.807) is 12.3 Å². The first-order chi connectivity index (χ1) is 9.49. The van der Waals surface area contributed by atoms with Crippen molar-refractivity contribution in [2.45, 2.75) is 13.5 Å². The van der Waals surface area contributed by atoms with E-state index in [1.165, 1.54) is 12.1 Å². The average Bonchev–Trinajstić information content (AvgIpc) is 2.37. The summed E-state index contributed by atoms with van der Waals surface area (Å²) < 4.78 is 26.4. The van der Waals surface area contributed by atoms with Crippen molar-refractivity contribution in [2.24, 2.45) is 5.73 Å². The molecule has 3 nitrogen and oxygen atoms in total. The van der Waals surface area contributed by atoms with Gasteiger partial charge in [0.1, 0.15) is 22.4 Å². The van der Waals surface area contributed by atoms with E-state index in [1.807, 2.05) is 6.92 Å². The number of hydrogen-bond acceptors (Lipinski definition) is 3. The van der Waals surface area contributed by atoms with Crippen molar-refractivity contribution in [1.82, 2.24) is 4.98 Å². The van der Waals surface area contributed by atoms with Gasteiger partial charge in [0.25, 0.3) is 0 Å². The highest BCUT2D eigenvalue weighted by Crippen LogP contribution is 2.18. The Balaban J connectivity index is 2.23. The summed E-state index contributed by atoms with van der Waals surface area (Å²) in [5, 5.41) is 2.97. The highest BCUT2D eigenvalue weighted by atomic mass is 32.1. The number of hydrogen-bond donors (Lipinski definition) is 2. The molecule has 0 aliphatic rings. The smallest absolute Gasteiger partial charge is 0.136 e. The second-order valence-electron chi connectivity index (χ2n) is 4.30. The largest absolute Gasteiger partial charge is 0.389 e. The minimum atomic E-state index is -0.609. The predicted octanol–water partition coefficient (Wildman–Crippen LogP) is 2.91. The molecule has 0 aliphatic heterocycles. The Morgan fingerprint density at radius 3 is 2.75 bits per heavy atom. The monoisotopic (exact) mass is 293 g/mol. The Labute approximate surface area is 120 Å². The molecule has 0 unspecified atom stereocenters. The van der Waals surface area contributed by atoms with Crippen LogP contribution in [0.2, 0.25) is 0 Å². The number of rotatable bonds is 4. The maximum absolute atomic E-state index is 13.5. The number of pyridine rings is 1. The standard InChI is InChI=1S/C14H13F2N3S/c1-8-4-5-18-14(12(8)13(17)20)19-7-9-2-3-10(15)6-11(9)16/h2-6H,7H2,1H3,(H2,17,20)(H,18,19). The van der Waals surface area contributed by atoms with Crippen LogP contribution in [0.5, 0.6) is 0 Å². The summed E-state index contributed by atoms with van der Waals surface area (Å²) in [5.74, 6) is -0.730. The summed E-state index contributed by atoms with van der Waals surface area (Å²) in [6, 6.07) is 5.22. The predicted molar refractivity (Wildman–Crippen MR) is 78.5 cm³/mol. The second-order valence-corrected chi connectivity index (χ2v) is 4.74. The third-order valence-electron chi connectivity index (χ3n) is 2.87. The van der Waals surface area contributed by atoms with Crippen LogP contribution in [0.15, 0.2) is 30.5 Å². The summed E-state index contributed by atoms with van der Waals surface area (Å²) >= 11 is 4.98. The van der Waals surface area contributed by atoms with E-state index >= 15 is 0 Å². The van der Waals surface area contributed by atoms with Crippen molar-refractivity contribution < 1.29 is 8.78 Å². The molecule has 6 heteroatoms. The van der Waals surface area contributed by atoms with Gasteiger partial charge in [-0.25, -0.2) is 13.8 Å². The maximum atomic E-state index is 13.5. The van der Waals surface area contributed by atoms with Gasteiger partial charge in [-0.05, 0) is 24.6 Å². The Morgan fingerprint density at radius 1 is 1.35 bits per heavy atom. The third kappa shape index (κ3) is 3.08. The lowest BCUT2D eigenvalue weighted by atomic mass is 10.1. The molecule has 0 spiro atoms. The first-order valence-corrected chi connectivity index (χ1v) is 6.33. The van der Waals surface area contributed by atoms with E-state index in [-0.39, 0.29) is 11.5 Å². The summed E-state index contributed by atoms with van der Waals surface area (Å²) in [6.45, 7) is 2.03. The Kier molecular flexibility index (Phi) is 4.24. The normalized spacial score (nSPS) is 10.3. The Hall–Kier alpha value is -2.08. The van der Waals surface area contributed by atoms with Crippen LogP contribution in [-0.2, 0) is 6.54 Å². The lowest BCUT2D eigenvalue weighted by Crippen LogP contribution is -2.16. The van der Waals surface area contributed by atoms with Crippen LogP contribution in [0.1, 0.15) is 16.7 Å². The molecule has 1 heterocycles. The fraction of sp³-hybridized carbons (Fsp3) is 0.143. The topological polar surface area (TPSA) is 50.9 Å². The molecule has 0 fully saturated rings. The highest BCUT2D eigenvalue weighted by molar-refractivity contribution is 7.80. The average molecular weight is 293 g/mol. The van der Waals surface area contributed by atoms with Gasteiger partial charge in [-0.3, -0.25) is 0 Å². The number of benzene rings is 1. The van der Waals surface area contributed by atoms with Crippen molar-refractivity contribution in [3.05, 3.63) is 58.8 Å². The van der Waals surface area contributed by atoms with Gasteiger partial charge in [-0.15, -0.1) is 0 Å². The lowest BCUT2D eigenvalue weighted by molar-refractivity contribution is 0.574. The van der Waals surface area contributed by atoms with Gasteiger partial charge < -0.3 is 11.1 Å². The van der Waals surface area contributed by atoms with E-state index in [4.69, 9.17) is 18.0 Å². The number of nitrogens with two attached hydrogens (primary N) is 1. The molecule has 0 amide bonds. The van der Waals surface area contributed by atoms with Crippen LogP contribution in [0.3, 0.4) is 0 Å². The molecule has 104 valence electrons. The third-order valence-corrected chi connectivity index (χ3v) is 3.07. The number of halogens is 2. The van der Waals surface area contributed by atoms with Crippen molar-refractivity contribution in [3.63, 3.8) is 0 Å². The second kappa shape index (κ2) is 5.92. The van der Waals surface area contributed by atoms with Crippen molar-refractivity contribution >= 4 is 23.0 Å². The zero-order valence-corrected chi connectivity index (χ0v) is 11.6. The first-order valence-electron chi connectivity index (χ1n) is 5.92. The number of aromatic nitrogens is 1. The van der Waals surface area contributed by atoms with E-state index in [0.29, 0.717) is 16.9 Å². The molecule has 20 heavy (non-hydrogen) atoms. The number of aryl methyl sites for hydroxylation is 1. The van der Waals surface area contributed by atoms with Crippen LogP contribution in [-0.4, -0.2) is 9.97 Å². The minimum absolute atomic E-state index is 0.165. The molecule has 0 atom stereocenters. The van der Waals surface area contributed by atoms with Crippen LogP contribution in [0.25, 0.3) is 0 Å². The Morgan fingerprint density at radius 2 is 2.10 bits per heavy atom. The highest BCUT2D eigenvalue weighted by Gasteiger charge is 2.10. The van der Waals surface area contributed by atoms with Gasteiger partial charge in [-0.1, -0.05) is 18.3 Å². The Bertz CT molecular complexity index is 659. The van der Waals surface area contributed by atoms with Gasteiger partial charge in [-0.2, -0.15) is 0 Å². The van der Waals surface area contributed by atoms with Crippen molar-refractivity contribution in [1.29, 1.82) is 0 Å². The van der Waals surface area contributed by atoms with E-state index in [0.717, 1.165) is 11.6 Å². The van der Waals surface area contributed by atoms with Gasteiger partial charge in [0, 0.05) is 24.4 Å². The van der Waals surface area contributed by atoms with Gasteiger partial charge in [0.15, 0.2) is 0 Å². The quantitative estimate of drug-likeness (QED) is 0.851. The van der Waals surface area contributed by atoms with Crippen LogP contribution in [0.4, 0.5) is 14.6 Å². The molecule has 0 bridgehead atoms. The molecule has 0 saturated carbocycles. The van der Waals surface area contributed by atoms with E-state index < -0.39 is 11.6 Å². The van der Waals surface area contributed by atoms with E-state index in [9.17, 15) is 8.78 Å². The van der Waals surface area contributed by atoms with Gasteiger partial charge >= 0.3 is 0 Å². The summed E-state index contributed by atoms with van der Waals surface area (Å²) in [6.07, 6.45) is 1.61.